The molecule has 0 aliphatic heterocycles. The third-order valence-electron chi connectivity index (χ3n) is 2.86. The molecule has 0 aromatic carbocycles. The number of ether oxygens (including phenoxy) is 1. The minimum atomic E-state index is -0.354. The summed E-state index contributed by atoms with van der Waals surface area (Å²) in [5, 5.41) is 1.12. The molecule has 0 amide bonds. The highest BCUT2D eigenvalue weighted by Gasteiger charge is 2.23. The Bertz CT molecular complexity index is 367. The number of methoxy groups -OCH3 is 1. The van der Waals surface area contributed by atoms with E-state index in [0.29, 0.717) is 6.61 Å². The molecule has 18 heavy (non-hydrogen) atoms. The molecular weight excluding hydrogens is 246 g/mol. The van der Waals surface area contributed by atoms with Gasteiger partial charge in [0.15, 0.2) is 0 Å². The summed E-state index contributed by atoms with van der Waals surface area (Å²) in [6.45, 7) is 11.9. The molecule has 0 spiro atoms. The SMILES string of the molecule is CCN(CC)Cc1nc(COC)c(C(C)(C)N)s1. The van der Waals surface area contributed by atoms with Crippen molar-refractivity contribution in [3.8, 4) is 0 Å². The van der Waals surface area contributed by atoms with Crippen LogP contribution in [-0.2, 0) is 23.4 Å². The predicted octanol–water partition coefficient (Wildman–Crippen LogP) is 2.33. The van der Waals surface area contributed by atoms with Crippen LogP contribution in [0.4, 0.5) is 0 Å². The van der Waals surface area contributed by atoms with E-state index >= 15 is 0 Å². The molecule has 1 aromatic rings. The molecule has 0 atom stereocenters. The van der Waals surface area contributed by atoms with Crippen LogP contribution in [0.1, 0.15) is 43.3 Å². The van der Waals surface area contributed by atoms with Crippen molar-refractivity contribution in [3.63, 3.8) is 0 Å². The van der Waals surface area contributed by atoms with E-state index in [1.54, 1.807) is 18.4 Å². The Balaban J connectivity index is 2.95. The van der Waals surface area contributed by atoms with E-state index in [1.165, 1.54) is 0 Å². The summed E-state index contributed by atoms with van der Waals surface area (Å²) in [5.74, 6) is 0. The highest BCUT2D eigenvalue weighted by molar-refractivity contribution is 7.11. The fourth-order valence-electron chi connectivity index (χ4n) is 1.84. The summed E-state index contributed by atoms with van der Waals surface area (Å²) in [6.07, 6.45) is 0. The van der Waals surface area contributed by atoms with Crippen LogP contribution in [0.15, 0.2) is 0 Å². The molecule has 0 fully saturated rings. The van der Waals surface area contributed by atoms with Crippen molar-refractivity contribution in [2.75, 3.05) is 20.2 Å². The number of aromatic nitrogens is 1. The molecule has 0 radical (unpaired) electrons. The van der Waals surface area contributed by atoms with Gasteiger partial charge in [-0.15, -0.1) is 11.3 Å². The van der Waals surface area contributed by atoms with Gasteiger partial charge in [0.2, 0.25) is 0 Å². The van der Waals surface area contributed by atoms with Crippen molar-refractivity contribution >= 4 is 11.3 Å². The van der Waals surface area contributed by atoms with Crippen molar-refractivity contribution in [2.45, 2.75) is 46.4 Å². The van der Waals surface area contributed by atoms with Gasteiger partial charge in [0, 0.05) is 17.5 Å². The molecule has 0 bridgehead atoms. The second-order valence-electron chi connectivity index (χ2n) is 5.00. The topological polar surface area (TPSA) is 51.4 Å². The lowest BCUT2D eigenvalue weighted by Crippen LogP contribution is -2.28. The smallest absolute Gasteiger partial charge is 0.107 e. The molecule has 1 heterocycles. The second-order valence-corrected chi connectivity index (χ2v) is 6.08. The average Bonchev–Trinajstić information content (AvgIpc) is 2.69. The maximum absolute atomic E-state index is 6.20. The molecule has 1 aromatic heterocycles. The Hall–Kier alpha value is -0.490. The molecule has 0 saturated carbocycles. The summed E-state index contributed by atoms with van der Waals surface area (Å²) in [4.78, 5) is 8.15. The number of nitrogens with zero attached hydrogens (tertiary/aromatic N) is 2. The van der Waals surface area contributed by atoms with Crippen LogP contribution in [0, 0.1) is 0 Å². The van der Waals surface area contributed by atoms with Gasteiger partial charge in [-0.05, 0) is 26.9 Å². The normalized spacial score (nSPS) is 12.4. The van der Waals surface area contributed by atoms with Gasteiger partial charge in [0.1, 0.15) is 5.01 Å². The monoisotopic (exact) mass is 271 g/mol. The predicted molar refractivity (Wildman–Crippen MR) is 76.7 cm³/mol. The molecule has 0 unspecified atom stereocenters. The Morgan fingerprint density at radius 3 is 2.39 bits per heavy atom. The van der Waals surface area contributed by atoms with Gasteiger partial charge in [-0.1, -0.05) is 13.8 Å². The van der Waals surface area contributed by atoms with Gasteiger partial charge in [0.25, 0.3) is 0 Å². The molecule has 0 aliphatic carbocycles. The van der Waals surface area contributed by atoms with Crippen LogP contribution in [0.25, 0.3) is 0 Å². The Morgan fingerprint density at radius 2 is 1.94 bits per heavy atom. The summed E-state index contributed by atoms with van der Waals surface area (Å²) in [5.41, 5.74) is 6.83. The number of nitrogens with two attached hydrogens (primary N) is 1. The van der Waals surface area contributed by atoms with Gasteiger partial charge in [-0.25, -0.2) is 4.98 Å². The van der Waals surface area contributed by atoms with Crippen molar-refractivity contribution in [3.05, 3.63) is 15.6 Å². The highest BCUT2D eigenvalue weighted by Crippen LogP contribution is 2.29. The first-order chi connectivity index (χ1) is 8.42. The molecule has 0 saturated heterocycles. The zero-order chi connectivity index (χ0) is 13.8. The second kappa shape index (κ2) is 6.61. The van der Waals surface area contributed by atoms with Crippen LogP contribution in [0.3, 0.4) is 0 Å². The van der Waals surface area contributed by atoms with Crippen LogP contribution in [-0.4, -0.2) is 30.1 Å². The number of thiazole rings is 1. The lowest BCUT2D eigenvalue weighted by molar-refractivity contribution is 0.180. The zero-order valence-corrected chi connectivity index (χ0v) is 12.9. The fourth-order valence-corrected chi connectivity index (χ4v) is 2.97. The summed E-state index contributed by atoms with van der Waals surface area (Å²) < 4.78 is 5.21. The number of hydrogen-bond acceptors (Lipinski definition) is 5. The Kier molecular flexibility index (Phi) is 5.72. The number of hydrogen-bond donors (Lipinski definition) is 1. The molecule has 1 rings (SSSR count). The maximum atomic E-state index is 6.20. The largest absolute Gasteiger partial charge is 0.378 e. The van der Waals surface area contributed by atoms with E-state index in [4.69, 9.17) is 10.5 Å². The van der Waals surface area contributed by atoms with E-state index in [9.17, 15) is 0 Å². The molecule has 104 valence electrons. The van der Waals surface area contributed by atoms with Crippen molar-refractivity contribution in [2.24, 2.45) is 5.73 Å². The van der Waals surface area contributed by atoms with Crippen molar-refractivity contribution < 1.29 is 4.74 Å². The van der Waals surface area contributed by atoms with Crippen molar-refractivity contribution in [1.29, 1.82) is 0 Å². The zero-order valence-electron chi connectivity index (χ0n) is 12.1. The Morgan fingerprint density at radius 1 is 1.33 bits per heavy atom. The van der Waals surface area contributed by atoms with Gasteiger partial charge >= 0.3 is 0 Å². The van der Waals surface area contributed by atoms with E-state index in [1.807, 2.05) is 13.8 Å². The van der Waals surface area contributed by atoms with Gasteiger partial charge in [0.05, 0.1) is 18.8 Å². The van der Waals surface area contributed by atoms with Gasteiger partial charge in [-0.3, -0.25) is 4.90 Å². The van der Waals surface area contributed by atoms with Crippen LogP contribution < -0.4 is 5.73 Å². The molecular formula is C13H25N3OS. The minimum Gasteiger partial charge on any atom is -0.378 e. The van der Waals surface area contributed by atoms with Crippen molar-refractivity contribution in [1.82, 2.24) is 9.88 Å². The minimum absolute atomic E-state index is 0.354. The molecule has 4 nitrogen and oxygen atoms in total. The molecule has 2 N–H and O–H groups in total. The highest BCUT2D eigenvalue weighted by atomic mass is 32.1. The van der Waals surface area contributed by atoms with E-state index in [-0.39, 0.29) is 5.54 Å². The standard InChI is InChI=1S/C13H25N3OS/c1-6-16(7-2)8-11-15-10(9-17-5)12(18-11)13(3,4)14/h6-9,14H2,1-5H3. The maximum Gasteiger partial charge on any atom is 0.107 e. The lowest BCUT2D eigenvalue weighted by atomic mass is 10.0. The summed E-state index contributed by atoms with van der Waals surface area (Å²) in [6, 6.07) is 0. The molecule has 5 heteroatoms. The average molecular weight is 271 g/mol. The first-order valence-electron chi connectivity index (χ1n) is 6.41. The first-order valence-corrected chi connectivity index (χ1v) is 7.23. The van der Waals surface area contributed by atoms with Crippen LogP contribution >= 0.6 is 11.3 Å². The quantitative estimate of drug-likeness (QED) is 0.827. The summed E-state index contributed by atoms with van der Waals surface area (Å²) in [7, 11) is 1.69. The third-order valence-corrected chi connectivity index (χ3v) is 4.28. The molecule has 0 aliphatic rings. The van der Waals surface area contributed by atoms with E-state index in [2.05, 4.69) is 23.7 Å². The van der Waals surface area contributed by atoms with Gasteiger partial charge in [-0.2, -0.15) is 0 Å². The van der Waals surface area contributed by atoms with Crippen LogP contribution in [0.5, 0.6) is 0 Å². The number of rotatable bonds is 7. The Labute approximate surface area is 114 Å². The van der Waals surface area contributed by atoms with Crippen LogP contribution in [0.2, 0.25) is 0 Å². The fraction of sp³-hybridized carbons (Fsp3) is 0.769. The van der Waals surface area contributed by atoms with E-state index < -0.39 is 0 Å². The lowest BCUT2D eigenvalue weighted by Gasteiger charge is -2.18. The van der Waals surface area contributed by atoms with Gasteiger partial charge < -0.3 is 10.5 Å². The van der Waals surface area contributed by atoms with E-state index in [0.717, 1.165) is 35.2 Å². The summed E-state index contributed by atoms with van der Waals surface area (Å²) >= 11 is 1.71. The first kappa shape index (κ1) is 15.6. The third kappa shape index (κ3) is 4.02.